The standard InChI is InChI=1S/C21H24FN3O3/c1-13(2)18(24-19(26)16-10-5-6-11-17(16)22)20(27)23-15-9-7-8-14(12-15)21(28)25(3)4/h5-13,18H,1-4H3,(H,23,27)(H,24,26). The van der Waals surface area contributed by atoms with Crippen LogP contribution in [0.5, 0.6) is 0 Å². The lowest BCUT2D eigenvalue weighted by molar-refractivity contribution is -0.118. The molecule has 0 saturated heterocycles. The summed E-state index contributed by atoms with van der Waals surface area (Å²) in [5, 5.41) is 5.29. The van der Waals surface area contributed by atoms with Gasteiger partial charge in [0.05, 0.1) is 5.56 Å². The molecule has 1 atom stereocenters. The molecule has 0 heterocycles. The predicted molar refractivity (Wildman–Crippen MR) is 106 cm³/mol. The van der Waals surface area contributed by atoms with E-state index < -0.39 is 23.7 Å². The summed E-state index contributed by atoms with van der Waals surface area (Å²) in [6, 6.07) is 11.2. The van der Waals surface area contributed by atoms with Crippen LogP contribution < -0.4 is 10.6 Å². The van der Waals surface area contributed by atoms with Gasteiger partial charge >= 0.3 is 0 Å². The van der Waals surface area contributed by atoms with E-state index >= 15 is 0 Å². The summed E-state index contributed by atoms with van der Waals surface area (Å²) in [5.41, 5.74) is 0.738. The lowest BCUT2D eigenvalue weighted by Gasteiger charge is -2.22. The smallest absolute Gasteiger partial charge is 0.254 e. The van der Waals surface area contributed by atoms with Crippen molar-refractivity contribution in [2.24, 2.45) is 5.92 Å². The summed E-state index contributed by atoms with van der Waals surface area (Å²) in [6.07, 6.45) is 0. The van der Waals surface area contributed by atoms with Gasteiger partial charge in [-0.1, -0.05) is 32.0 Å². The molecule has 0 fully saturated rings. The van der Waals surface area contributed by atoms with Crippen LogP contribution in [0.25, 0.3) is 0 Å². The third-order valence-electron chi connectivity index (χ3n) is 4.14. The first-order valence-corrected chi connectivity index (χ1v) is 8.88. The highest BCUT2D eigenvalue weighted by Gasteiger charge is 2.26. The minimum Gasteiger partial charge on any atom is -0.345 e. The van der Waals surface area contributed by atoms with Gasteiger partial charge in [0.1, 0.15) is 11.9 Å². The van der Waals surface area contributed by atoms with E-state index in [4.69, 9.17) is 0 Å². The molecule has 0 saturated carbocycles. The van der Waals surface area contributed by atoms with Gasteiger partial charge in [-0.05, 0) is 36.2 Å². The number of hydrogen-bond donors (Lipinski definition) is 2. The Bertz CT molecular complexity index is 881. The molecule has 2 rings (SSSR count). The van der Waals surface area contributed by atoms with Crippen LogP contribution in [-0.2, 0) is 4.79 Å². The minimum atomic E-state index is -0.875. The fourth-order valence-electron chi connectivity index (χ4n) is 2.61. The Morgan fingerprint density at radius 1 is 1.00 bits per heavy atom. The van der Waals surface area contributed by atoms with E-state index in [0.29, 0.717) is 11.3 Å². The molecule has 7 heteroatoms. The van der Waals surface area contributed by atoms with E-state index in [2.05, 4.69) is 10.6 Å². The van der Waals surface area contributed by atoms with Crippen LogP contribution in [0.15, 0.2) is 48.5 Å². The summed E-state index contributed by atoms with van der Waals surface area (Å²) in [4.78, 5) is 38.6. The summed E-state index contributed by atoms with van der Waals surface area (Å²) in [6.45, 7) is 3.55. The number of carbonyl (C=O) groups excluding carboxylic acids is 3. The Hall–Kier alpha value is -3.22. The molecule has 0 bridgehead atoms. The number of rotatable bonds is 6. The normalized spacial score (nSPS) is 11.6. The van der Waals surface area contributed by atoms with Crippen molar-refractivity contribution in [1.29, 1.82) is 0 Å². The van der Waals surface area contributed by atoms with Crippen LogP contribution in [0, 0.1) is 11.7 Å². The maximum Gasteiger partial charge on any atom is 0.254 e. The molecular formula is C21H24FN3O3. The van der Waals surface area contributed by atoms with E-state index in [1.54, 1.807) is 58.3 Å². The lowest BCUT2D eigenvalue weighted by atomic mass is 10.0. The van der Waals surface area contributed by atoms with Gasteiger partial charge in [-0.2, -0.15) is 0 Å². The van der Waals surface area contributed by atoms with Crippen LogP contribution in [0.2, 0.25) is 0 Å². The number of anilines is 1. The third kappa shape index (κ3) is 5.16. The first-order chi connectivity index (χ1) is 13.2. The SMILES string of the molecule is CC(C)C(NC(=O)c1ccccc1F)C(=O)Nc1cccc(C(=O)N(C)C)c1. The van der Waals surface area contributed by atoms with Gasteiger partial charge in [0.2, 0.25) is 5.91 Å². The Labute approximate surface area is 163 Å². The molecule has 0 aliphatic rings. The zero-order valence-corrected chi connectivity index (χ0v) is 16.3. The van der Waals surface area contributed by atoms with E-state index in [9.17, 15) is 18.8 Å². The Morgan fingerprint density at radius 2 is 1.68 bits per heavy atom. The first kappa shape index (κ1) is 21.1. The van der Waals surface area contributed by atoms with Crippen molar-refractivity contribution in [1.82, 2.24) is 10.2 Å². The average molecular weight is 385 g/mol. The highest BCUT2D eigenvalue weighted by molar-refractivity contribution is 6.02. The van der Waals surface area contributed by atoms with Crippen molar-refractivity contribution >= 4 is 23.4 Å². The van der Waals surface area contributed by atoms with E-state index in [-0.39, 0.29) is 17.4 Å². The van der Waals surface area contributed by atoms with Crippen molar-refractivity contribution in [3.8, 4) is 0 Å². The summed E-state index contributed by atoms with van der Waals surface area (Å²) in [7, 11) is 3.28. The monoisotopic (exact) mass is 385 g/mol. The molecular weight excluding hydrogens is 361 g/mol. The maximum absolute atomic E-state index is 13.8. The minimum absolute atomic E-state index is 0.125. The quantitative estimate of drug-likeness (QED) is 0.803. The van der Waals surface area contributed by atoms with Gasteiger partial charge in [-0.3, -0.25) is 14.4 Å². The highest BCUT2D eigenvalue weighted by atomic mass is 19.1. The average Bonchev–Trinajstić information content (AvgIpc) is 2.65. The maximum atomic E-state index is 13.8. The fraction of sp³-hybridized carbons (Fsp3) is 0.286. The second-order valence-corrected chi connectivity index (χ2v) is 6.94. The van der Waals surface area contributed by atoms with E-state index in [1.807, 2.05) is 0 Å². The molecule has 0 aliphatic heterocycles. The van der Waals surface area contributed by atoms with Crippen LogP contribution >= 0.6 is 0 Å². The second kappa shape index (κ2) is 9.12. The van der Waals surface area contributed by atoms with Crippen LogP contribution in [0.4, 0.5) is 10.1 Å². The Morgan fingerprint density at radius 3 is 2.29 bits per heavy atom. The number of nitrogens with zero attached hydrogens (tertiary/aromatic N) is 1. The van der Waals surface area contributed by atoms with Crippen molar-refractivity contribution < 1.29 is 18.8 Å². The molecule has 1 unspecified atom stereocenters. The van der Waals surface area contributed by atoms with Crippen molar-refractivity contribution in [2.75, 3.05) is 19.4 Å². The molecule has 0 aliphatic carbocycles. The molecule has 0 aromatic heterocycles. The zero-order chi connectivity index (χ0) is 20.8. The van der Waals surface area contributed by atoms with Crippen molar-refractivity contribution in [2.45, 2.75) is 19.9 Å². The predicted octanol–water partition coefficient (Wildman–Crippen LogP) is 2.92. The molecule has 28 heavy (non-hydrogen) atoms. The fourth-order valence-corrected chi connectivity index (χ4v) is 2.61. The van der Waals surface area contributed by atoms with Crippen LogP contribution in [-0.4, -0.2) is 42.8 Å². The third-order valence-corrected chi connectivity index (χ3v) is 4.14. The first-order valence-electron chi connectivity index (χ1n) is 8.88. The molecule has 3 amide bonds. The Balaban J connectivity index is 2.16. The van der Waals surface area contributed by atoms with Gasteiger partial charge < -0.3 is 15.5 Å². The number of nitrogens with one attached hydrogen (secondary N) is 2. The van der Waals surface area contributed by atoms with E-state index in [1.165, 1.54) is 23.1 Å². The van der Waals surface area contributed by atoms with E-state index in [0.717, 1.165) is 0 Å². The Kier molecular flexibility index (Phi) is 6.87. The number of benzene rings is 2. The largest absolute Gasteiger partial charge is 0.345 e. The topological polar surface area (TPSA) is 78.5 Å². The van der Waals surface area contributed by atoms with Crippen molar-refractivity contribution in [3.63, 3.8) is 0 Å². The summed E-state index contributed by atoms with van der Waals surface area (Å²) < 4.78 is 13.8. The molecule has 0 radical (unpaired) electrons. The van der Waals surface area contributed by atoms with Crippen molar-refractivity contribution in [3.05, 3.63) is 65.5 Å². The van der Waals surface area contributed by atoms with Crippen LogP contribution in [0.3, 0.4) is 0 Å². The van der Waals surface area contributed by atoms with Gasteiger partial charge in [-0.25, -0.2) is 4.39 Å². The molecule has 148 valence electrons. The zero-order valence-electron chi connectivity index (χ0n) is 16.3. The number of carbonyl (C=O) groups is 3. The summed E-state index contributed by atoms with van der Waals surface area (Å²) >= 11 is 0. The molecule has 2 N–H and O–H groups in total. The second-order valence-electron chi connectivity index (χ2n) is 6.94. The van der Waals surface area contributed by atoms with Gasteiger partial charge in [-0.15, -0.1) is 0 Å². The molecule has 2 aromatic carbocycles. The number of halogens is 1. The molecule has 2 aromatic rings. The van der Waals surface area contributed by atoms with Gasteiger partial charge in [0, 0.05) is 25.3 Å². The molecule has 6 nitrogen and oxygen atoms in total. The van der Waals surface area contributed by atoms with Gasteiger partial charge in [0.15, 0.2) is 0 Å². The highest BCUT2D eigenvalue weighted by Crippen LogP contribution is 2.15. The number of hydrogen-bond acceptors (Lipinski definition) is 3. The lowest BCUT2D eigenvalue weighted by Crippen LogP contribution is -2.47. The number of amides is 3. The van der Waals surface area contributed by atoms with Crippen LogP contribution in [0.1, 0.15) is 34.6 Å². The summed E-state index contributed by atoms with van der Waals surface area (Å²) in [5.74, 6) is -2.19. The molecule has 0 spiro atoms. The van der Waals surface area contributed by atoms with Gasteiger partial charge in [0.25, 0.3) is 11.8 Å².